The van der Waals surface area contributed by atoms with Crippen LogP contribution in [-0.4, -0.2) is 40.1 Å². The molecule has 7 nitrogen and oxygen atoms in total. The number of ether oxygens (including phenoxy) is 1. The van der Waals surface area contributed by atoms with Crippen LogP contribution in [-0.2, 0) is 16.0 Å². The molecule has 6 N–H and O–H groups in total. The molecule has 1 saturated carbocycles. The monoisotopic (exact) mass is 432 g/mol. The predicted molar refractivity (Wildman–Crippen MR) is 101 cm³/mol. The Kier molecular flexibility index (Phi) is 7.70. The van der Waals surface area contributed by atoms with E-state index in [1.165, 1.54) is 24.3 Å². The molecule has 30 heavy (non-hydrogen) atoms. The highest BCUT2D eigenvalue weighted by Gasteiger charge is 2.44. The smallest absolute Gasteiger partial charge is 0.406 e. The van der Waals surface area contributed by atoms with Gasteiger partial charge in [0.25, 0.3) is 0 Å². The van der Waals surface area contributed by atoms with Crippen molar-refractivity contribution in [3.8, 4) is 5.75 Å². The molecule has 1 aliphatic carbocycles. The molecule has 1 aromatic carbocycles. The Labute approximate surface area is 172 Å². The summed E-state index contributed by atoms with van der Waals surface area (Å²) in [5.41, 5.74) is 10.0. The van der Waals surface area contributed by atoms with Gasteiger partial charge in [-0.3, -0.25) is 9.59 Å². The van der Waals surface area contributed by atoms with Gasteiger partial charge in [0.2, 0.25) is 11.8 Å². The van der Waals surface area contributed by atoms with Crippen molar-refractivity contribution in [2.24, 2.45) is 23.3 Å². The summed E-state index contributed by atoms with van der Waals surface area (Å²) in [6.07, 6.45) is -4.14. The van der Waals surface area contributed by atoms with Gasteiger partial charge in [0, 0.05) is 5.92 Å². The van der Waals surface area contributed by atoms with E-state index in [0.717, 1.165) is 0 Å². The van der Waals surface area contributed by atoms with Crippen molar-refractivity contribution in [2.45, 2.75) is 63.0 Å². The van der Waals surface area contributed by atoms with Crippen molar-refractivity contribution >= 4 is 11.8 Å². The third-order valence-electron chi connectivity index (χ3n) is 5.68. The van der Waals surface area contributed by atoms with E-state index in [0.29, 0.717) is 24.8 Å². The predicted octanol–water partition coefficient (Wildman–Crippen LogP) is 1.78. The first-order chi connectivity index (χ1) is 13.9. The Morgan fingerprint density at radius 3 is 2.20 bits per heavy atom. The average molecular weight is 432 g/mol. The molecule has 0 aromatic heterocycles. The van der Waals surface area contributed by atoms with Crippen molar-refractivity contribution in [3.05, 3.63) is 29.8 Å². The van der Waals surface area contributed by atoms with Crippen LogP contribution in [0.2, 0.25) is 0 Å². The lowest BCUT2D eigenvalue weighted by atomic mass is 9.70. The van der Waals surface area contributed by atoms with Crippen LogP contribution in [0.4, 0.5) is 13.2 Å². The molecule has 0 radical (unpaired) electrons. The Bertz CT molecular complexity index is 731. The van der Waals surface area contributed by atoms with Crippen molar-refractivity contribution in [1.29, 1.82) is 0 Å². The highest BCUT2D eigenvalue weighted by molar-refractivity contribution is 5.79. The highest BCUT2D eigenvalue weighted by atomic mass is 19.4. The summed E-state index contributed by atoms with van der Waals surface area (Å²) >= 11 is 0. The average Bonchev–Trinajstić information content (AvgIpc) is 2.64. The maximum atomic E-state index is 12.2. The van der Waals surface area contributed by atoms with Crippen LogP contribution >= 0.6 is 0 Å². The zero-order valence-corrected chi connectivity index (χ0v) is 16.4. The first-order valence-corrected chi connectivity index (χ1v) is 9.73. The number of nitrogens with two attached hydrogens (primary N) is 2. The second-order valence-electron chi connectivity index (χ2n) is 7.86. The number of hydrogen-bond acceptors (Lipinski definition) is 5. The lowest BCUT2D eigenvalue weighted by Crippen LogP contribution is -2.49. The maximum absolute atomic E-state index is 12.2. The zero-order valence-electron chi connectivity index (χ0n) is 16.4. The first kappa shape index (κ1) is 23.9. The van der Waals surface area contributed by atoms with Gasteiger partial charge < -0.3 is 26.4 Å². The number of amides is 2. The number of halogens is 3. The lowest BCUT2D eigenvalue weighted by Gasteiger charge is -2.40. The van der Waals surface area contributed by atoms with Gasteiger partial charge in [0.05, 0.1) is 17.6 Å². The number of rotatable bonds is 9. The van der Waals surface area contributed by atoms with Gasteiger partial charge in [-0.1, -0.05) is 12.1 Å². The van der Waals surface area contributed by atoms with Gasteiger partial charge in [-0.2, -0.15) is 0 Å². The molecule has 0 heterocycles. The second-order valence-corrected chi connectivity index (χ2v) is 7.86. The molecule has 2 amide bonds. The topological polar surface area (TPSA) is 136 Å². The molecule has 1 fully saturated rings. The molecule has 2 atom stereocenters. The second kappa shape index (κ2) is 9.65. The van der Waals surface area contributed by atoms with E-state index in [1.807, 2.05) is 0 Å². The number of primary amides is 2. The van der Waals surface area contributed by atoms with Crippen molar-refractivity contribution in [1.82, 2.24) is 0 Å². The quantitative estimate of drug-likeness (QED) is 0.472. The summed E-state index contributed by atoms with van der Waals surface area (Å²) in [6, 6.07) is 5.28. The Hall–Kier alpha value is -2.33. The molecular weight excluding hydrogens is 405 g/mol. The first-order valence-electron chi connectivity index (χ1n) is 9.73. The summed E-state index contributed by atoms with van der Waals surface area (Å²) in [4.78, 5) is 23.2. The Balaban J connectivity index is 1.90. The van der Waals surface area contributed by atoms with Gasteiger partial charge >= 0.3 is 6.36 Å². The normalized spacial score (nSPS) is 24.1. The van der Waals surface area contributed by atoms with E-state index >= 15 is 0 Å². The van der Waals surface area contributed by atoms with Gasteiger partial charge in [-0.25, -0.2) is 0 Å². The van der Waals surface area contributed by atoms with Gasteiger partial charge in [-0.05, 0) is 62.6 Å². The van der Waals surface area contributed by atoms with Crippen LogP contribution in [0.15, 0.2) is 24.3 Å². The van der Waals surface area contributed by atoms with Crippen LogP contribution in [0, 0.1) is 11.8 Å². The SMILES string of the molecule is NC(=O)C1CCC(O)(C(CC(O)CCc2ccc(OC(F)(F)F)cc2)C(N)=O)CC1. The van der Waals surface area contributed by atoms with Crippen LogP contribution in [0.5, 0.6) is 5.75 Å². The van der Waals surface area contributed by atoms with Crippen LogP contribution in [0.3, 0.4) is 0 Å². The number of hydrogen-bond donors (Lipinski definition) is 4. The molecule has 0 spiro atoms. The molecule has 10 heteroatoms. The molecule has 1 aliphatic rings. The Morgan fingerprint density at radius 2 is 1.73 bits per heavy atom. The third-order valence-corrected chi connectivity index (χ3v) is 5.68. The number of aliphatic hydroxyl groups is 2. The summed E-state index contributed by atoms with van der Waals surface area (Å²) in [5, 5.41) is 21.2. The minimum atomic E-state index is -4.77. The van der Waals surface area contributed by atoms with E-state index in [4.69, 9.17) is 11.5 Å². The molecular formula is C20H27F3N2O5. The number of benzene rings is 1. The fourth-order valence-corrected chi connectivity index (χ4v) is 3.93. The number of aryl methyl sites for hydroxylation is 1. The summed E-state index contributed by atoms with van der Waals surface area (Å²) in [6.45, 7) is 0. The molecule has 168 valence electrons. The van der Waals surface area contributed by atoms with E-state index in [2.05, 4.69) is 4.74 Å². The van der Waals surface area contributed by atoms with Crippen LogP contribution in [0.25, 0.3) is 0 Å². The van der Waals surface area contributed by atoms with Crippen molar-refractivity contribution in [2.75, 3.05) is 0 Å². The number of aliphatic hydroxyl groups excluding tert-OH is 1. The zero-order chi connectivity index (χ0) is 22.5. The van der Waals surface area contributed by atoms with E-state index in [-0.39, 0.29) is 37.4 Å². The Morgan fingerprint density at radius 1 is 1.17 bits per heavy atom. The minimum absolute atomic E-state index is 0.0532. The van der Waals surface area contributed by atoms with Crippen LogP contribution < -0.4 is 16.2 Å². The molecule has 2 rings (SSSR count). The molecule has 1 aromatic rings. The lowest BCUT2D eigenvalue weighted by molar-refractivity contribution is -0.274. The standard InChI is InChI=1S/C20H27F3N2O5/c21-20(22,23)30-15-5-2-12(3-6-15)1-4-14(26)11-16(18(25)28)19(29)9-7-13(8-10-19)17(24)27/h2-3,5-6,13-14,16,26,29H,1,4,7-11H2,(H2,24,27)(H2,25,28). The largest absolute Gasteiger partial charge is 0.573 e. The van der Waals surface area contributed by atoms with Gasteiger partial charge in [-0.15, -0.1) is 13.2 Å². The van der Waals surface area contributed by atoms with Gasteiger partial charge in [0.1, 0.15) is 5.75 Å². The number of carbonyl (C=O) groups excluding carboxylic acids is 2. The van der Waals surface area contributed by atoms with Gasteiger partial charge in [0.15, 0.2) is 0 Å². The van der Waals surface area contributed by atoms with Crippen molar-refractivity contribution in [3.63, 3.8) is 0 Å². The fourth-order valence-electron chi connectivity index (χ4n) is 3.93. The highest BCUT2D eigenvalue weighted by Crippen LogP contribution is 2.39. The summed E-state index contributed by atoms with van der Waals surface area (Å²) in [7, 11) is 0. The van der Waals surface area contributed by atoms with E-state index in [1.54, 1.807) is 0 Å². The third kappa shape index (κ3) is 6.88. The van der Waals surface area contributed by atoms with Crippen molar-refractivity contribution < 1.29 is 37.7 Å². The molecule has 0 aliphatic heterocycles. The fraction of sp³-hybridized carbons (Fsp3) is 0.600. The summed E-state index contributed by atoms with van der Waals surface area (Å²) < 4.78 is 40.4. The number of carbonyl (C=O) groups is 2. The molecule has 2 unspecified atom stereocenters. The molecule has 0 saturated heterocycles. The molecule has 0 bridgehead atoms. The minimum Gasteiger partial charge on any atom is -0.406 e. The van der Waals surface area contributed by atoms with Crippen LogP contribution in [0.1, 0.15) is 44.1 Å². The van der Waals surface area contributed by atoms with E-state index in [9.17, 15) is 33.0 Å². The maximum Gasteiger partial charge on any atom is 0.573 e. The summed E-state index contributed by atoms with van der Waals surface area (Å²) in [5.74, 6) is -2.85. The number of alkyl halides is 3. The van der Waals surface area contributed by atoms with E-state index < -0.39 is 35.8 Å².